The van der Waals surface area contributed by atoms with Crippen LogP contribution in [0.1, 0.15) is 45.1 Å². The van der Waals surface area contributed by atoms with Crippen molar-refractivity contribution < 1.29 is 0 Å². The molecule has 6 heteroatoms. The molecule has 66 heavy (non-hydrogen) atoms. The number of anilines is 8. The predicted octanol–water partition coefficient (Wildman–Crippen LogP) is 15.3. The Labute approximate surface area is 394 Å². The van der Waals surface area contributed by atoms with E-state index in [1.807, 2.05) is 22.7 Å². The molecule has 0 N–H and O–H groups in total. The zero-order valence-corrected chi connectivity index (χ0v) is 38.7. The molecule has 2 unspecified atom stereocenters. The summed E-state index contributed by atoms with van der Waals surface area (Å²) in [6, 6.07) is 72.9. The molecular weight excluding hydrogens is 838 g/mol. The van der Waals surface area contributed by atoms with Gasteiger partial charge in [0.15, 0.2) is 0 Å². The van der Waals surface area contributed by atoms with Crippen LogP contribution in [-0.2, 0) is 5.41 Å². The molecule has 2 aromatic heterocycles. The highest BCUT2D eigenvalue weighted by molar-refractivity contribution is 7.35. The summed E-state index contributed by atoms with van der Waals surface area (Å²) in [5.41, 5.74) is 18.1. The summed E-state index contributed by atoms with van der Waals surface area (Å²) < 4.78 is 4.05. The highest BCUT2D eigenvalue weighted by Gasteiger charge is 2.58. The molecule has 0 spiro atoms. The summed E-state index contributed by atoms with van der Waals surface area (Å²) >= 11 is 3.89. The van der Waals surface area contributed by atoms with Crippen LogP contribution in [0, 0.1) is 0 Å². The van der Waals surface area contributed by atoms with Gasteiger partial charge in [-0.1, -0.05) is 153 Å². The van der Waals surface area contributed by atoms with Gasteiger partial charge in [-0.15, -0.1) is 22.7 Å². The quantitative estimate of drug-likeness (QED) is 0.159. The zero-order valence-electron chi connectivity index (χ0n) is 37.0. The second-order valence-corrected chi connectivity index (χ2v) is 21.2. The van der Waals surface area contributed by atoms with Crippen molar-refractivity contribution in [3.8, 4) is 22.3 Å². The van der Waals surface area contributed by atoms with Crippen molar-refractivity contribution in [2.24, 2.45) is 0 Å². The normalized spacial score (nSPS) is 19.1. The molecule has 1 aliphatic carbocycles. The van der Waals surface area contributed by atoms with Gasteiger partial charge in [0.1, 0.15) is 0 Å². The molecule has 4 aliphatic rings. The first-order valence-electron chi connectivity index (χ1n) is 23.5. The largest absolute Gasteiger partial charge is 0.334 e. The molecule has 0 saturated heterocycles. The van der Waals surface area contributed by atoms with E-state index in [2.05, 4.69) is 223 Å². The van der Waals surface area contributed by atoms with Crippen molar-refractivity contribution in [1.82, 2.24) is 0 Å². The van der Waals surface area contributed by atoms with Gasteiger partial charge < -0.3 is 14.7 Å². The second kappa shape index (κ2) is 14.3. The molecular formula is C60H46BN3S2. The van der Waals surface area contributed by atoms with Gasteiger partial charge in [0.05, 0.1) is 21.9 Å². The Kier molecular flexibility index (Phi) is 8.34. The van der Waals surface area contributed by atoms with Crippen molar-refractivity contribution in [3.05, 3.63) is 200 Å². The average Bonchev–Trinajstić information content (AvgIpc) is 4.01. The number of benzene rings is 8. The average molecular weight is 884 g/mol. The van der Waals surface area contributed by atoms with Crippen LogP contribution in [0.4, 0.5) is 44.8 Å². The molecule has 2 atom stereocenters. The Balaban J connectivity index is 0.968. The summed E-state index contributed by atoms with van der Waals surface area (Å²) in [6.45, 7) is 5.15. The smallest absolute Gasteiger partial charge is 0.266 e. The maximum Gasteiger partial charge on any atom is 0.266 e. The molecule has 0 radical (unpaired) electrons. The van der Waals surface area contributed by atoms with Crippen molar-refractivity contribution in [2.75, 3.05) is 14.7 Å². The second-order valence-electron chi connectivity index (χ2n) is 19.1. The molecule has 14 rings (SSSR count). The Hall–Kier alpha value is -6.86. The van der Waals surface area contributed by atoms with Crippen LogP contribution >= 0.6 is 22.7 Å². The summed E-state index contributed by atoms with van der Waals surface area (Å²) in [4.78, 5) is 7.88. The molecule has 8 aromatic carbocycles. The van der Waals surface area contributed by atoms with E-state index in [9.17, 15) is 0 Å². The van der Waals surface area contributed by atoms with Gasteiger partial charge in [0, 0.05) is 59.0 Å². The van der Waals surface area contributed by atoms with Crippen LogP contribution in [0.25, 0.3) is 42.4 Å². The van der Waals surface area contributed by atoms with Crippen molar-refractivity contribution in [3.63, 3.8) is 0 Å². The van der Waals surface area contributed by atoms with Gasteiger partial charge in [-0.25, -0.2) is 0 Å². The topological polar surface area (TPSA) is 9.72 Å². The van der Waals surface area contributed by atoms with Gasteiger partial charge in [0.2, 0.25) is 0 Å². The highest BCUT2D eigenvalue weighted by atomic mass is 32.1. The van der Waals surface area contributed by atoms with Crippen molar-refractivity contribution in [1.29, 1.82) is 0 Å². The van der Waals surface area contributed by atoms with E-state index < -0.39 is 0 Å². The Morgan fingerprint density at radius 3 is 1.91 bits per heavy atom. The number of hydrogen-bond acceptors (Lipinski definition) is 5. The molecule has 5 heterocycles. The molecule has 1 fully saturated rings. The minimum atomic E-state index is -0.0114. The predicted molar refractivity (Wildman–Crippen MR) is 285 cm³/mol. The number of para-hydroxylation sites is 2. The fourth-order valence-electron chi connectivity index (χ4n) is 12.6. The highest BCUT2D eigenvalue weighted by Crippen LogP contribution is 2.63. The van der Waals surface area contributed by atoms with E-state index in [4.69, 9.17) is 0 Å². The van der Waals surface area contributed by atoms with Crippen molar-refractivity contribution in [2.45, 2.75) is 50.5 Å². The minimum absolute atomic E-state index is 0.0114. The lowest BCUT2D eigenvalue weighted by Gasteiger charge is -2.50. The molecule has 316 valence electrons. The number of hydrogen-bond donors (Lipinski definition) is 0. The third-order valence-corrected chi connectivity index (χ3v) is 18.2. The molecule has 10 aromatic rings. The van der Waals surface area contributed by atoms with Gasteiger partial charge in [-0.2, -0.15) is 0 Å². The number of thiophene rings is 2. The van der Waals surface area contributed by atoms with Gasteiger partial charge in [-0.3, -0.25) is 0 Å². The summed E-state index contributed by atoms with van der Waals surface area (Å²) in [6.07, 6.45) is 4.91. The fraction of sp³-hybridized carbons (Fsp3) is 0.133. The summed E-state index contributed by atoms with van der Waals surface area (Å²) in [5, 5.41) is 3.95. The lowest BCUT2D eigenvalue weighted by Crippen LogP contribution is -2.60. The first-order chi connectivity index (χ1) is 32.5. The number of rotatable bonds is 5. The van der Waals surface area contributed by atoms with Gasteiger partial charge >= 0.3 is 0 Å². The van der Waals surface area contributed by atoms with Crippen LogP contribution < -0.4 is 30.4 Å². The maximum absolute atomic E-state index is 2.72. The van der Waals surface area contributed by atoms with E-state index in [1.54, 1.807) is 0 Å². The van der Waals surface area contributed by atoms with Crippen molar-refractivity contribution >= 4 is 110 Å². The van der Waals surface area contributed by atoms with Crippen LogP contribution in [-0.4, -0.2) is 12.3 Å². The zero-order chi connectivity index (χ0) is 43.7. The minimum Gasteiger partial charge on any atom is -0.334 e. The maximum atomic E-state index is 2.72. The Morgan fingerprint density at radius 2 is 1.11 bits per heavy atom. The van der Waals surface area contributed by atoms with Crippen LogP contribution in [0.15, 0.2) is 194 Å². The third-order valence-electron chi connectivity index (χ3n) is 15.8. The van der Waals surface area contributed by atoms with E-state index in [-0.39, 0.29) is 17.7 Å². The van der Waals surface area contributed by atoms with Crippen LogP contribution in [0.5, 0.6) is 0 Å². The van der Waals surface area contributed by atoms with Crippen LogP contribution in [0.3, 0.4) is 0 Å². The van der Waals surface area contributed by atoms with Gasteiger partial charge in [0.25, 0.3) is 6.71 Å². The molecule has 3 aliphatic heterocycles. The van der Waals surface area contributed by atoms with Gasteiger partial charge in [-0.05, 0) is 119 Å². The van der Waals surface area contributed by atoms with E-state index >= 15 is 0 Å². The Morgan fingerprint density at radius 1 is 0.470 bits per heavy atom. The van der Waals surface area contributed by atoms with Crippen LogP contribution in [0.2, 0.25) is 0 Å². The Bertz CT molecular complexity index is 3560. The lowest BCUT2D eigenvalue weighted by molar-refractivity contribution is 0.195. The fourth-order valence-corrected chi connectivity index (χ4v) is 15.2. The van der Waals surface area contributed by atoms with E-state index in [0.29, 0.717) is 0 Å². The number of nitrogens with zero attached hydrogens (tertiary/aromatic N) is 3. The SMILES string of the molecule is CC12CCCCC1(C)N(c1ccccc1)c1c(-c3ccc(N4c5cccc6c5B(c5sc7ccccc7c54)c4c(sc5ccccc45)N6c4cccc(-c5ccccc5)c4)cc3)cccc12. The lowest BCUT2D eigenvalue weighted by atomic mass is 9.36. The van der Waals surface area contributed by atoms with E-state index in [1.165, 1.54) is 134 Å². The summed E-state index contributed by atoms with van der Waals surface area (Å²) in [5.74, 6) is 0. The third kappa shape index (κ3) is 5.26. The van der Waals surface area contributed by atoms with E-state index in [0.717, 1.165) is 0 Å². The standard InChI is InChI=1S/C60H46BN3S2/c1-59-36-13-14-37-60(59,2)64(43-21-7-4-8-22-43)55-45(26-16-27-48(55)59)40-32-34-42(35-33-40)62-49-28-17-29-50-54(49)61(57-56(62)47-25-10-12-31-52(47)65-57)53-46-24-9-11-30-51(46)66-58(53)63(50)44-23-15-20-41(38-44)39-18-5-3-6-19-39/h3-12,15-35,38H,13-14,36-37H2,1-2H3. The first-order valence-corrected chi connectivity index (χ1v) is 25.1. The molecule has 3 nitrogen and oxygen atoms in total. The summed E-state index contributed by atoms with van der Waals surface area (Å²) in [7, 11) is 0. The molecule has 1 saturated carbocycles. The molecule has 0 bridgehead atoms. The number of fused-ring (bicyclic) bond motifs is 11. The molecule has 0 amide bonds. The first kappa shape index (κ1) is 38.4. The monoisotopic (exact) mass is 883 g/mol.